The lowest BCUT2D eigenvalue weighted by molar-refractivity contribution is 0.417. The zero-order valence-electron chi connectivity index (χ0n) is 20.2. The molecule has 0 radical (unpaired) electrons. The fourth-order valence-electron chi connectivity index (χ4n) is 6.31. The van der Waals surface area contributed by atoms with Crippen molar-refractivity contribution in [2.75, 3.05) is 6.61 Å². The molecule has 1 heterocycles. The second-order valence-corrected chi connectivity index (χ2v) is 10.5. The van der Waals surface area contributed by atoms with E-state index in [0.29, 0.717) is 0 Å². The van der Waals surface area contributed by atoms with Crippen LogP contribution < -0.4 is 0 Å². The summed E-state index contributed by atoms with van der Waals surface area (Å²) >= 11 is 0. The van der Waals surface area contributed by atoms with E-state index in [4.69, 9.17) is 4.74 Å². The monoisotopic (exact) mass is 470 g/mol. The molecule has 1 aliphatic heterocycles. The summed E-state index contributed by atoms with van der Waals surface area (Å²) in [6.45, 7) is 0.830. The first kappa shape index (κ1) is 19.7. The van der Waals surface area contributed by atoms with Gasteiger partial charge in [0.15, 0.2) is 0 Å². The van der Waals surface area contributed by atoms with Crippen molar-refractivity contribution in [2.24, 2.45) is 0 Å². The maximum atomic E-state index is 5.64. The molecular formula is C36H22O. The highest BCUT2D eigenvalue weighted by Gasteiger charge is 2.26. The Kier molecular flexibility index (Phi) is 3.76. The second kappa shape index (κ2) is 7.06. The molecule has 0 amide bonds. The van der Waals surface area contributed by atoms with Crippen molar-refractivity contribution < 1.29 is 4.74 Å². The van der Waals surface area contributed by atoms with Crippen molar-refractivity contribution in [3.05, 3.63) is 121 Å². The van der Waals surface area contributed by atoms with Crippen molar-refractivity contribution in [1.29, 1.82) is 0 Å². The molecule has 172 valence electrons. The maximum Gasteiger partial charge on any atom is 0.107 e. The van der Waals surface area contributed by atoms with Crippen LogP contribution in [0.5, 0.6) is 0 Å². The van der Waals surface area contributed by atoms with Gasteiger partial charge < -0.3 is 4.74 Å². The van der Waals surface area contributed by atoms with Crippen LogP contribution >= 0.6 is 0 Å². The van der Waals surface area contributed by atoms with Crippen molar-refractivity contribution in [3.63, 3.8) is 0 Å². The summed E-state index contributed by atoms with van der Waals surface area (Å²) in [4.78, 5) is 0. The molecule has 9 rings (SSSR count). The second-order valence-electron chi connectivity index (χ2n) is 10.5. The van der Waals surface area contributed by atoms with E-state index >= 15 is 0 Å². The molecule has 1 aliphatic rings. The summed E-state index contributed by atoms with van der Waals surface area (Å²) < 4.78 is 5.64. The van der Waals surface area contributed by atoms with E-state index in [-0.39, 0.29) is 6.10 Å². The summed E-state index contributed by atoms with van der Waals surface area (Å²) in [6.07, 6.45) is 0.251. The van der Waals surface area contributed by atoms with Crippen LogP contribution in [-0.4, -0.2) is 6.61 Å². The lowest BCUT2D eigenvalue weighted by atomic mass is 9.93. The molecule has 37 heavy (non-hydrogen) atoms. The molecule has 1 saturated heterocycles. The van der Waals surface area contributed by atoms with Gasteiger partial charge in [-0.15, -0.1) is 0 Å². The molecule has 8 aromatic rings. The van der Waals surface area contributed by atoms with Crippen molar-refractivity contribution >= 4 is 75.4 Å². The van der Waals surface area contributed by atoms with E-state index in [1.54, 1.807) is 0 Å². The van der Waals surface area contributed by atoms with Crippen molar-refractivity contribution in [2.45, 2.75) is 6.10 Å². The van der Waals surface area contributed by atoms with Gasteiger partial charge in [0.2, 0.25) is 0 Å². The number of benzene rings is 8. The lowest BCUT2D eigenvalue weighted by Crippen LogP contribution is -1.86. The summed E-state index contributed by atoms with van der Waals surface area (Å²) in [5.41, 5.74) is 1.31. The smallest absolute Gasteiger partial charge is 0.107 e. The van der Waals surface area contributed by atoms with Gasteiger partial charge in [0.25, 0.3) is 0 Å². The Labute approximate surface area is 213 Å². The Bertz CT molecular complexity index is 2250. The first-order valence-electron chi connectivity index (χ1n) is 13.0. The van der Waals surface area contributed by atoms with Gasteiger partial charge in [-0.3, -0.25) is 0 Å². The molecule has 0 spiro atoms. The quantitative estimate of drug-likeness (QED) is 0.132. The van der Waals surface area contributed by atoms with Crippen molar-refractivity contribution in [1.82, 2.24) is 0 Å². The molecule has 0 saturated carbocycles. The fourth-order valence-corrected chi connectivity index (χ4v) is 6.31. The number of fused-ring (bicyclic) bond motifs is 8. The Morgan fingerprint density at radius 1 is 0.378 bits per heavy atom. The SMILES string of the molecule is c1ccc2cc3cc4cc5c(ccc6cc7cc8cccc(C9CO9)c8cc7cc65)cc4cc3cc2c1. The lowest BCUT2D eigenvalue weighted by Gasteiger charge is -2.11. The summed E-state index contributed by atoms with van der Waals surface area (Å²) in [6, 6.07) is 43.2. The van der Waals surface area contributed by atoms with Crippen LogP contribution in [0.15, 0.2) is 115 Å². The topological polar surface area (TPSA) is 12.5 Å². The zero-order chi connectivity index (χ0) is 24.1. The molecule has 0 aliphatic carbocycles. The van der Waals surface area contributed by atoms with Gasteiger partial charge >= 0.3 is 0 Å². The highest BCUT2D eigenvalue weighted by atomic mass is 16.6. The van der Waals surface area contributed by atoms with E-state index in [0.717, 1.165) is 6.61 Å². The highest BCUT2D eigenvalue weighted by Crippen LogP contribution is 2.39. The van der Waals surface area contributed by atoms with Crippen LogP contribution in [0.2, 0.25) is 0 Å². The van der Waals surface area contributed by atoms with Crippen LogP contribution in [-0.2, 0) is 4.74 Å². The van der Waals surface area contributed by atoms with Gasteiger partial charge in [0, 0.05) is 0 Å². The Morgan fingerprint density at radius 3 is 1.35 bits per heavy atom. The van der Waals surface area contributed by atoms with Crippen LogP contribution in [0.25, 0.3) is 75.4 Å². The number of hydrogen-bond donors (Lipinski definition) is 0. The predicted octanol–water partition coefficient (Wildman–Crippen LogP) is 9.83. The summed E-state index contributed by atoms with van der Waals surface area (Å²) in [5, 5.41) is 18.1. The third-order valence-electron chi connectivity index (χ3n) is 8.28. The average Bonchev–Trinajstić information content (AvgIpc) is 3.77. The molecular weight excluding hydrogens is 448 g/mol. The Morgan fingerprint density at radius 2 is 0.784 bits per heavy atom. The van der Waals surface area contributed by atoms with E-state index in [9.17, 15) is 0 Å². The molecule has 0 bridgehead atoms. The molecule has 1 atom stereocenters. The molecule has 1 unspecified atom stereocenters. The Hall–Kier alpha value is -4.46. The van der Waals surface area contributed by atoms with Gasteiger partial charge in [-0.1, -0.05) is 54.6 Å². The minimum Gasteiger partial charge on any atom is -0.368 e. The number of epoxide rings is 1. The molecule has 0 N–H and O–H groups in total. The number of hydrogen-bond acceptors (Lipinski definition) is 1. The van der Waals surface area contributed by atoms with E-state index in [1.165, 1.54) is 81.0 Å². The van der Waals surface area contributed by atoms with Gasteiger partial charge in [0.05, 0.1) is 6.61 Å². The Balaban J connectivity index is 1.33. The van der Waals surface area contributed by atoms with Gasteiger partial charge in [-0.25, -0.2) is 0 Å². The molecule has 1 heteroatoms. The first-order chi connectivity index (χ1) is 18.3. The predicted molar refractivity (Wildman–Crippen MR) is 158 cm³/mol. The first-order valence-corrected chi connectivity index (χ1v) is 13.0. The van der Waals surface area contributed by atoms with Crippen LogP contribution in [0.3, 0.4) is 0 Å². The normalized spacial score (nSPS) is 15.6. The zero-order valence-corrected chi connectivity index (χ0v) is 20.2. The maximum absolute atomic E-state index is 5.64. The molecule has 8 aromatic carbocycles. The minimum atomic E-state index is 0.251. The molecule has 0 aromatic heterocycles. The van der Waals surface area contributed by atoms with Gasteiger partial charge in [-0.05, 0) is 142 Å². The third-order valence-corrected chi connectivity index (χ3v) is 8.28. The van der Waals surface area contributed by atoms with Gasteiger partial charge in [-0.2, -0.15) is 0 Å². The summed E-state index contributed by atoms with van der Waals surface area (Å²) in [5.74, 6) is 0. The van der Waals surface area contributed by atoms with Crippen LogP contribution in [0, 0.1) is 0 Å². The number of rotatable bonds is 1. The molecule has 1 nitrogen and oxygen atoms in total. The van der Waals surface area contributed by atoms with E-state index in [1.807, 2.05) is 0 Å². The van der Waals surface area contributed by atoms with Crippen LogP contribution in [0.1, 0.15) is 11.7 Å². The highest BCUT2D eigenvalue weighted by molar-refractivity contribution is 6.17. The van der Waals surface area contributed by atoms with E-state index in [2.05, 4.69) is 115 Å². The van der Waals surface area contributed by atoms with Crippen molar-refractivity contribution in [3.8, 4) is 0 Å². The van der Waals surface area contributed by atoms with E-state index < -0.39 is 0 Å². The molecule has 1 fully saturated rings. The van der Waals surface area contributed by atoms with Gasteiger partial charge in [0.1, 0.15) is 6.10 Å². The number of ether oxygens (including phenoxy) is 1. The summed E-state index contributed by atoms with van der Waals surface area (Å²) in [7, 11) is 0. The average molecular weight is 471 g/mol. The largest absolute Gasteiger partial charge is 0.368 e. The fraction of sp³-hybridized carbons (Fsp3) is 0.0556. The van der Waals surface area contributed by atoms with Crippen LogP contribution in [0.4, 0.5) is 0 Å². The standard InChI is InChI=1S/C36H22O/c1-2-5-22-11-27-16-30-17-34-25(14-29(30)15-26(27)10-21(22)4-1)9-8-24-13-28-12-23-6-3-7-32(36-20-37-36)33(23)18-31(28)19-35(24)34/h1-19,36H,20H2. The third kappa shape index (κ3) is 2.95. The minimum absolute atomic E-state index is 0.251.